The van der Waals surface area contributed by atoms with Gasteiger partial charge in [0.2, 0.25) is 0 Å². The van der Waals surface area contributed by atoms with Crippen LogP contribution < -0.4 is 10.6 Å². The lowest BCUT2D eigenvalue weighted by Crippen LogP contribution is -2.56. The van der Waals surface area contributed by atoms with Gasteiger partial charge in [-0.1, -0.05) is 6.92 Å². The molecule has 1 aliphatic heterocycles. The number of hydrogen-bond acceptors (Lipinski definition) is 5. The van der Waals surface area contributed by atoms with Crippen LogP contribution in [0.5, 0.6) is 0 Å². The van der Waals surface area contributed by atoms with E-state index in [4.69, 9.17) is 9.72 Å². The van der Waals surface area contributed by atoms with Gasteiger partial charge in [0.05, 0.1) is 17.8 Å². The highest BCUT2D eigenvalue weighted by Crippen LogP contribution is 2.38. The molecule has 19 heavy (non-hydrogen) atoms. The summed E-state index contributed by atoms with van der Waals surface area (Å²) < 4.78 is 5.18. The summed E-state index contributed by atoms with van der Waals surface area (Å²) in [7, 11) is 1.75. The highest BCUT2D eigenvalue weighted by Gasteiger charge is 2.41. The maximum Gasteiger partial charge on any atom is 0.114 e. The van der Waals surface area contributed by atoms with Crippen LogP contribution in [0.15, 0.2) is 0 Å². The normalized spacial score (nSPS) is 27.7. The fourth-order valence-corrected chi connectivity index (χ4v) is 3.94. The molecule has 0 aromatic carbocycles. The first-order chi connectivity index (χ1) is 9.10. The van der Waals surface area contributed by atoms with E-state index in [0.717, 1.165) is 32.7 Å². The van der Waals surface area contributed by atoms with E-state index in [0.29, 0.717) is 5.92 Å². The number of aryl methyl sites for hydroxylation is 2. The van der Waals surface area contributed by atoms with Gasteiger partial charge in [0, 0.05) is 18.5 Å². The lowest BCUT2D eigenvalue weighted by atomic mass is 9.80. The Kier molecular flexibility index (Phi) is 4.95. The second-order valence-corrected chi connectivity index (χ2v) is 6.61. The number of methoxy groups -OCH3 is 1. The average Bonchev–Trinajstić information content (AvgIpc) is 2.73. The Bertz CT molecular complexity index is 401. The van der Waals surface area contributed by atoms with Gasteiger partial charge >= 0.3 is 0 Å². The van der Waals surface area contributed by atoms with Crippen molar-refractivity contribution >= 4 is 11.3 Å². The number of ether oxygens (including phenoxy) is 1. The second kappa shape index (κ2) is 6.31. The van der Waals surface area contributed by atoms with Crippen molar-refractivity contribution in [1.29, 1.82) is 0 Å². The Morgan fingerprint density at radius 3 is 2.89 bits per heavy atom. The number of piperidine rings is 1. The lowest BCUT2D eigenvalue weighted by molar-refractivity contribution is 0.136. The van der Waals surface area contributed by atoms with Gasteiger partial charge in [-0.05, 0) is 39.3 Å². The molecule has 2 unspecified atom stereocenters. The van der Waals surface area contributed by atoms with Gasteiger partial charge < -0.3 is 15.4 Å². The quantitative estimate of drug-likeness (QED) is 0.809. The minimum Gasteiger partial charge on any atom is -0.383 e. The van der Waals surface area contributed by atoms with E-state index in [1.54, 1.807) is 7.11 Å². The number of thiazole rings is 1. The second-order valence-electron chi connectivity index (χ2n) is 5.41. The predicted octanol–water partition coefficient (Wildman–Crippen LogP) is 1.82. The van der Waals surface area contributed by atoms with Gasteiger partial charge in [0.25, 0.3) is 0 Å². The zero-order valence-electron chi connectivity index (χ0n) is 12.4. The van der Waals surface area contributed by atoms with E-state index < -0.39 is 0 Å². The van der Waals surface area contributed by atoms with Crippen LogP contribution in [0.1, 0.15) is 28.9 Å². The molecular formula is C14H25N3OS. The minimum atomic E-state index is 0.00741. The molecule has 1 saturated heterocycles. The molecule has 0 spiro atoms. The smallest absolute Gasteiger partial charge is 0.114 e. The van der Waals surface area contributed by atoms with Crippen LogP contribution in [-0.4, -0.2) is 38.3 Å². The Morgan fingerprint density at radius 2 is 2.32 bits per heavy atom. The monoisotopic (exact) mass is 283 g/mol. The van der Waals surface area contributed by atoms with Crippen molar-refractivity contribution in [3.8, 4) is 0 Å². The third-order valence-corrected chi connectivity index (χ3v) is 5.40. The minimum absolute atomic E-state index is 0.00741. The number of aromatic nitrogens is 1. The number of rotatable bonds is 5. The zero-order valence-corrected chi connectivity index (χ0v) is 13.2. The van der Waals surface area contributed by atoms with Crippen molar-refractivity contribution in [2.45, 2.75) is 32.7 Å². The Labute approximate surface area is 120 Å². The zero-order chi connectivity index (χ0) is 13.9. The van der Waals surface area contributed by atoms with Crippen molar-refractivity contribution < 1.29 is 4.74 Å². The predicted molar refractivity (Wildman–Crippen MR) is 79.8 cm³/mol. The van der Waals surface area contributed by atoms with Crippen LogP contribution in [0.3, 0.4) is 0 Å². The van der Waals surface area contributed by atoms with Crippen LogP contribution >= 0.6 is 11.3 Å². The highest BCUT2D eigenvalue weighted by molar-refractivity contribution is 7.11. The van der Waals surface area contributed by atoms with Gasteiger partial charge in [-0.3, -0.25) is 0 Å². The summed E-state index contributed by atoms with van der Waals surface area (Å²) in [5.74, 6) is 0.531. The van der Waals surface area contributed by atoms with Crippen LogP contribution in [0, 0.1) is 19.8 Å². The molecule has 5 heteroatoms. The first-order valence-electron chi connectivity index (χ1n) is 6.99. The number of nitrogens with zero attached hydrogens (tertiary/aromatic N) is 1. The number of hydrogen-bond donors (Lipinski definition) is 2. The van der Waals surface area contributed by atoms with E-state index in [2.05, 4.69) is 31.4 Å². The van der Waals surface area contributed by atoms with Crippen LogP contribution in [0.2, 0.25) is 0 Å². The SMILES string of the molecule is COCCNC1(c2nc(C)c(C)s2)CCNCC1C. The van der Waals surface area contributed by atoms with Crippen LogP contribution in [0.4, 0.5) is 0 Å². The van der Waals surface area contributed by atoms with Crippen molar-refractivity contribution in [2.24, 2.45) is 5.92 Å². The molecule has 0 aliphatic carbocycles. The fourth-order valence-electron chi connectivity index (χ4n) is 2.72. The van der Waals surface area contributed by atoms with Gasteiger partial charge in [-0.15, -0.1) is 11.3 Å². The molecule has 1 aliphatic rings. The van der Waals surface area contributed by atoms with Crippen molar-refractivity contribution in [1.82, 2.24) is 15.6 Å². The molecule has 4 nitrogen and oxygen atoms in total. The summed E-state index contributed by atoms with van der Waals surface area (Å²) in [4.78, 5) is 6.15. The molecule has 1 fully saturated rings. The molecular weight excluding hydrogens is 258 g/mol. The molecule has 0 saturated carbocycles. The standard InChI is InChI=1S/C14H25N3OS/c1-10-9-15-6-5-14(10,16-7-8-18-4)13-17-11(2)12(3)19-13/h10,15-16H,5-9H2,1-4H3. The average molecular weight is 283 g/mol. The van der Waals surface area contributed by atoms with Gasteiger partial charge in [0.15, 0.2) is 0 Å². The maximum absolute atomic E-state index is 5.18. The van der Waals surface area contributed by atoms with E-state index in [1.165, 1.54) is 15.6 Å². The summed E-state index contributed by atoms with van der Waals surface area (Å²) >= 11 is 1.84. The summed E-state index contributed by atoms with van der Waals surface area (Å²) in [6.07, 6.45) is 1.09. The van der Waals surface area contributed by atoms with E-state index in [9.17, 15) is 0 Å². The Balaban J connectivity index is 2.27. The topological polar surface area (TPSA) is 46.2 Å². The molecule has 2 atom stereocenters. The third kappa shape index (κ3) is 2.99. The molecule has 2 N–H and O–H groups in total. The molecule has 2 heterocycles. The van der Waals surface area contributed by atoms with Crippen LogP contribution in [0.25, 0.3) is 0 Å². The summed E-state index contributed by atoms with van der Waals surface area (Å²) in [5.41, 5.74) is 1.17. The van der Waals surface area contributed by atoms with E-state index >= 15 is 0 Å². The van der Waals surface area contributed by atoms with Gasteiger partial charge in [-0.2, -0.15) is 0 Å². The van der Waals surface area contributed by atoms with E-state index in [-0.39, 0.29) is 5.54 Å². The summed E-state index contributed by atoms with van der Waals surface area (Å²) in [5, 5.41) is 8.45. The van der Waals surface area contributed by atoms with Crippen molar-refractivity contribution in [3.05, 3.63) is 15.6 Å². The van der Waals surface area contributed by atoms with Gasteiger partial charge in [-0.25, -0.2) is 4.98 Å². The number of nitrogens with one attached hydrogen (secondary N) is 2. The van der Waals surface area contributed by atoms with Crippen LogP contribution in [-0.2, 0) is 10.3 Å². The molecule has 0 bridgehead atoms. The largest absolute Gasteiger partial charge is 0.383 e. The molecule has 108 valence electrons. The van der Waals surface area contributed by atoms with Crippen molar-refractivity contribution in [2.75, 3.05) is 33.4 Å². The highest BCUT2D eigenvalue weighted by atomic mass is 32.1. The first-order valence-corrected chi connectivity index (χ1v) is 7.81. The molecule has 1 aromatic rings. The summed E-state index contributed by atoms with van der Waals surface area (Å²) in [6.45, 7) is 10.3. The molecule has 0 radical (unpaired) electrons. The maximum atomic E-state index is 5.18. The van der Waals surface area contributed by atoms with E-state index in [1.807, 2.05) is 11.3 Å². The van der Waals surface area contributed by atoms with Crippen molar-refractivity contribution in [3.63, 3.8) is 0 Å². The fraction of sp³-hybridized carbons (Fsp3) is 0.786. The molecule has 0 amide bonds. The molecule has 2 rings (SSSR count). The lowest BCUT2D eigenvalue weighted by Gasteiger charge is -2.42. The van der Waals surface area contributed by atoms with Gasteiger partial charge in [0.1, 0.15) is 5.01 Å². The molecule has 1 aromatic heterocycles. The Hall–Kier alpha value is -0.490. The third-order valence-electron chi connectivity index (χ3n) is 4.14. The Morgan fingerprint density at radius 1 is 1.53 bits per heavy atom. The first kappa shape index (κ1) is 14.9. The summed E-state index contributed by atoms with van der Waals surface area (Å²) in [6, 6.07) is 0.